The van der Waals surface area contributed by atoms with Crippen molar-refractivity contribution in [2.45, 2.75) is 0 Å². The van der Waals surface area contributed by atoms with Crippen LogP contribution in [0, 0.1) is 11.6 Å². The Hall–Kier alpha value is -2.14. The monoisotopic (exact) mass is 297 g/mol. The third kappa shape index (κ3) is 3.45. The molecule has 0 bridgehead atoms. The van der Waals surface area contributed by atoms with E-state index in [1.165, 1.54) is 36.4 Å². The van der Waals surface area contributed by atoms with Crippen LogP contribution in [0.5, 0.6) is 5.75 Å². The summed E-state index contributed by atoms with van der Waals surface area (Å²) in [5.74, 6) is -1.97. The molecule has 20 heavy (non-hydrogen) atoms. The molecule has 3 nitrogen and oxygen atoms in total. The quantitative estimate of drug-likeness (QED) is 0.936. The second-order valence-electron chi connectivity index (χ2n) is 3.87. The predicted octanol–water partition coefficient (Wildman–Crippen LogP) is 3.64. The predicted molar refractivity (Wildman–Crippen MR) is 71.9 cm³/mol. The smallest absolute Gasteiger partial charge is 0.262 e. The second kappa shape index (κ2) is 6.34. The lowest BCUT2D eigenvalue weighted by atomic mass is 10.3. The number of amides is 1. The van der Waals surface area contributed by atoms with Gasteiger partial charge in [-0.05, 0) is 24.3 Å². The van der Waals surface area contributed by atoms with Gasteiger partial charge >= 0.3 is 0 Å². The van der Waals surface area contributed by atoms with Crippen LogP contribution in [-0.2, 0) is 4.79 Å². The van der Waals surface area contributed by atoms with Crippen molar-refractivity contribution in [2.24, 2.45) is 0 Å². The number of carbonyl (C=O) groups is 1. The molecule has 0 aliphatic heterocycles. The molecular formula is C14H10ClF2NO2. The van der Waals surface area contributed by atoms with Gasteiger partial charge in [0.1, 0.15) is 0 Å². The minimum atomic E-state index is -0.728. The Bertz CT molecular complexity index is 634. The zero-order valence-corrected chi connectivity index (χ0v) is 11.0. The van der Waals surface area contributed by atoms with Crippen LogP contribution in [0.4, 0.5) is 14.5 Å². The fourth-order valence-corrected chi connectivity index (χ4v) is 1.67. The normalized spacial score (nSPS) is 10.2. The van der Waals surface area contributed by atoms with Crippen molar-refractivity contribution in [2.75, 3.05) is 11.9 Å². The van der Waals surface area contributed by atoms with E-state index < -0.39 is 24.1 Å². The molecule has 2 aromatic carbocycles. The number of carbonyl (C=O) groups excluding carboxylic acids is 1. The van der Waals surface area contributed by atoms with Crippen molar-refractivity contribution < 1.29 is 18.3 Å². The average Bonchev–Trinajstić information content (AvgIpc) is 2.43. The minimum absolute atomic E-state index is 0.0470. The Labute approximate surface area is 119 Å². The van der Waals surface area contributed by atoms with E-state index >= 15 is 0 Å². The lowest BCUT2D eigenvalue weighted by Crippen LogP contribution is -2.21. The second-order valence-corrected chi connectivity index (χ2v) is 4.28. The molecule has 2 aromatic rings. The van der Waals surface area contributed by atoms with Crippen molar-refractivity contribution >= 4 is 23.2 Å². The van der Waals surface area contributed by atoms with Crippen molar-refractivity contribution in [3.05, 3.63) is 59.1 Å². The molecule has 6 heteroatoms. The number of hydrogen-bond acceptors (Lipinski definition) is 2. The van der Waals surface area contributed by atoms with E-state index in [-0.39, 0.29) is 16.5 Å². The molecule has 0 aliphatic rings. The number of hydrogen-bond donors (Lipinski definition) is 1. The SMILES string of the molecule is O=C(COc1ccccc1F)Nc1cccc(Cl)c1F. The largest absolute Gasteiger partial charge is 0.481 e. The van der Waals surface area contributed by atoms with Crippen LogP contribution in [0.2, 0.25) is 5.02 Å². The van der Waals surface area contributed by atoms with Crippen molar-refractivity contribution in [3.8, 4) is 5.75 Å². The highest BCUT2D eigenvalue weighted by atomic mass is 35.5. The topological polar surface area (TPSA) is 38.3 Å². The van der Waals surface area contributed by atoms with Gasteiger partial charge in [-0.1, -0.05) is 29.8 Å². The number of halogens is 3. The summed E-state index contributed by atoms with van der Waals surface area (Å²) >= 11 is 5.58. The molecule has 0 spiro atoms. The summed E-state index contributed by atoms with van der Waals surface area (Å²) < 4.78 is 31.8. The molecular weight excluding hydrogens is 288 g/mol. The van der Waals surface area contributed by atoms with Gasteiger partial charge in [0, 0.05) is 0 Å². The maximum absolute atomic E-state index is 13.5. The van der Waals surface area contributed by atoms with Gasteiger partial charge in [0.15, 0.2) is 24.0 Å². The van der Waals surface area contributed by atoms with E-state index in [9.17, 15) is 13.6 Å². The van der Waals surface area contributed by atoms with Crippen LogP contribution in [0.1, 0.15) is 0 Å². The van der Waals surface area contributed by atoms with Gasteiger partial charge in [0.2, 0.25) is 0 Å². The molecule has 0 saturated heterocycles. The van der Waals surface area contributed by atoms with Crippen LogP contribution in [0.3, 0.4) is 0 Å². The lowest BCUT2D eigenvalue weighted by molar-refractivity contribution is -0.118. The van der Waals surface area contributed by atoms with Gasteiger partial charge in [0.25, 0.3) is 5.91 Å². The Morgan fingerprint density at radius 1 is 1.15 bits per heavy atom. The zero-order valence-electron chi connectivity index (χ0n) is 10.2. The van der Waals surface area contributed by atoms with Crippen LogP contribution in [-0.4, -0.2) is 12.5 Å². The average molecular weight is 298 g/mol. The van der Waals surface area contributed by atoms with Gasteiger partial charge < -0.3 is 10.1 Å². The number of benzene rings is 2. The summed E-state index contributed by atoms with van der Waals surface area (Å²) in [5.41, 5.74) is -0.0559. The number of nitrogens with one attached hydrogen (secondary N) is 1. The van der Waals surface area contributed by atoms with Crippen molar-refractivity contribution in [3.63, 3.8) is 0 Å². The molecule has 0 radical (unpaired) electrons. The molecule has 1 amide bonds. The van der Waals surface area contributed by atoms with Gasteiger partial charge in [0.05, 0.1) is 10.7 Å². The third-order valence-electron chi connectivity index (χ3n) is 2.42. The first-order valence-electron chi connectivity index (χ1n) is 5.69. The molecule has 0 fully saturated rings. The van der Waals surface area contributed by atoms with E-state index in [4.69, 9.17) is 16.3 Å². The van der Waals surface area contributed by atoms with E-state index in [2.05, 4.69) is 5.32 Å². The molecule has 0 atom stereocenters. The first kappa shape index (κ1) is 14.3. The Kier molecular flexibility index (Phi) is 4.53. The van der Waals surface area contributed by atoms with Gasteiger partial charge in [-0.15, -0.1) is 0 Å². The van der Waals surface area contributed by atoms with Crippen LogP contribution < -0.4 is 10.1 Å². The maximum Gasteiger partial charge on any atom is 0.262 e. The third-order valence-corrected chi connectivity index (χ3v) is 2.71. The Balaban J connectivity index is 1.96. The fourth-order valence-electron chi connectivity index (χ4n) is 1.49. The summed E-state index contributed by atoms with van der Waals surface area (Å²) in [4.78, 5) is 11.6. The summed E-state index contributed by atoms with van der Waals surface area (Å²) in [6, 6.07) is 9.91. The zero-order chi connectivity index (χ0) is 14.5. The van der Waals surface area contributed by atoms with Gasteiger partial charge in [-0.3, -0.25) is 4.79 Å². The fraction of sp³-hybridized carbons (Fsp3) is 0.0714. The van der Waals surface area contributed by atoms with E-state index in [0.29, 0.717) is 0 Å². The standard InChI is InChI=1S/C14H10ClF2NO2/c15-9-4-3-6-11(14(9)17)18-13(19)8-20-12-7-2-1-5-10(12)16/h1-7H,8H2,(H,18,19). The van der Waals surface area contributed by atoms with E-state index in [1.807, 2.05) is 0 Å². The highest BCUT2D eigenvalue weighted by Gasteiger charge is 2.11. The number of anilines is 1. The van der Waals surface area contributed by atoms with Crippen molar-refractivity contribution in [1.82, 2.24) is 0 Å². The summed E-state index contributed by atoms with van der Waals surface area (Å²) in [5, 5.41) is 2.20. The molecule has 0 heterocycles. The molecule has 2 rings (SSSR count). The summed E-state index contributed by atoms with van der Waals surface area (Å²) in [7, 11) is 0. The summed E-state index contributed by atoms with van der Waals surface area (Å²) in [6.45, 7) is -0.438. The van der Waals surface area contributed by atoms with Crippen molar-refractivity contribution in [1.29, 1.82) is 0 Å². The van der Waals surface area contributed by atoms with Crippen LogP contribution in [0.15, 0.2) is 42.5 Å². The number of ether oxygens (including phenoxy) is 1. The van der Waals surface area contributed by atoms with E-state index in [1.54, 1.807) is 6.07 Å². The Morgan fingerprint density at radius 3 is 2.65 bits per heavy atom. The molecule has 0 saturated carbocycles. The van der Waals surface area contributed by atoms with Gasteiger partial charge in [-0.2, -0.15) is 0 Å². The maximum atomic E-state index is 13.5. The minimum Gasteiger partial charge on any atom is -0.481 e. The van der Waals surface area contributed by atoms with Gasteiger partial charge in [-0.25, -0.2) is 8.78 Å². The molecule has 1 N–H and O–H groups in total. The first-order chi connectivity index (χ1) is 9.58. The van der Waals surface area contributed by atoms with E-state index in [0.717, 1.165) is 0 Å². The number of rotatable bonds is 4. The highest BCUT2D eigenvalue weighted by molar-refractivity contribution is 6.31. The van der Waals surface area contributed by atoms with Crippen LogP contribution >= 0.6 is 11.6 Å². The number of para-hydroxylation sites is 1. The summed E-state index contributed by atoms with van der Waals surface area (Å²) in [6.07, 6.45) is 0. The Morgan fingerprint density at radius 2 is 1.90 bits per heavy atom. The lowest BCUT2D eigenvalue weighted by Gasteiger charge is -2.09. The molecule has 0 unspecified atom stereocenters. The molecule has 104 valence electrons. The molecule has 0 aliphatic carbocycles. The molecule has 0 aromatic heterocycles. The highest BCUT2D eigenvalue weighted by Crippen LogP contribution is 2.22. The first-order valence-corrected chi connectivity index (χ1v) is 6.07. The van der Waals surface area contributed by atoms with Crippen LogP contribution in [0.25, 0.3) is 0 Å².